The zero-order chi connectivity index (χ0) is 16.5. The highest BCUT2D eigenvalue weighted by molar-refractivity contribution is 6.53. The largest absolute Gasteiger partial charge is 0.525 e. The molecule has 2 unspecified atom stereocenters. The van der Waals surface area contributed by atoms with E-state index in [0.29, 0.717) is 12.1 Å². The van der Waals surface area contributed by atoms with Crippen molar-refractivity contribution in [3.8, 4) is 0 Å². The van der Waals surface area contributed by atoms with Crippen molar-refractivity contribution in [3.05, 3.63) is 11.3 Å². The van der Waals surface area contributed by atoms with Crippen LogP contribution in [-0.2, 0) is 9.31 Å². The molecule has 3 fully saturated rings. The van der Waals surface area contributed by atoms with Crippen LogP contribution in [0.3, 0.4) is 0 Å². The van der Waals surface area contributed by atoms with Crippen LogP contribution in [-0.4, -0.2) is 42.4 Å². The lowest BCUT2D eigenvalue weighted by molar-refractivity contribution is 0.00578. The van der Waals surface area contributed by atoms with Gasteiger partial charge in [-0.05, 0) is 65.0 Å². The molecule has 124 valence electrons. The van der Waals surface area contributed by atoms with Gasteiger partial charge in [-0.25, -0.2) is 4.39 Å². The highest BCUT2D eigenvalue weighted by Gasteiger charge is 2.55. The Hall–Kier alpha value is -0.385. The summed E-state index contributed by atoms with van der Waals surface area (Å²) in [5.41, 5.74) is -0.00716. The standard InChI is InChI=1S/C17H29BFNO2/c1-15(2)10-12-8-11(9-13(15)20(12)7)14(19)18-21-16(3,4)17(5,6)22-18/h12-13H,8-10H2,1-7H3. The third-order valence-electron chi connectivity index (χ3n) is 6.45. The van der Waals surface area contributed by atoms with E-state index in [1.807, 2.05) is 27.7 Å². The summed E-state index contributed by atoms with van der Waals surface area (Å²) in [6.07, 6.45) is 2.72. The molecule has 0 aromatic heterocycles. The number of rotatable bonds is 1. The smallest absolute Gasteiger partial charge is 0.398 e. The predicted octanol–water partition coefficient (Wildman–Crippen LogP) is 3.73. The molecule has 22 heavy (non-hydrogen) atoms. The summed E-state index contributed by atoms with van der Waals surface area (Å²) in [5.74, 6) is 0. The van der Waals surface area contributed by atoms with E-state index in [1.54, 1.807) is 0 Å². The maximum Gasteiger partial charge on any atom is 0.525 e. The summed E-state index contributed by atoms with van der Waals surface area (Å²) >= 11 is 0. The van der Waals surface area contributed by atoms with Crippen molar-refractivity contribution in [1.29, 1.82) is 0 Å². The summed E-state index contributed by atoms with van der Waals surface area (Å²) in [4.78, 5) is 2.43. The number of nitrogens with zero attached hydrogens (tertiary/aromatic N) is 1. The van der Waals surface area contributed by atoms with E-state index in [2.05, 4.69) is 25.8 Å². The third kappa shape index (κ3) is 2.36. The molecule has 3 rings (SSSR count). The minimum absolute atomic E-state index is 0.181. The first kappa shape index (κ1) is 16.5. The van der Waals surface area contributed by atoms with Crippen molar-refractivity contribution in [2.75, 3.05) is 7.05 Å². The fourth-order valence-electron chi connectivity index (χ4n) is 4.24. The number of fused-ring (bicyclic) bond motifs is 2. The van der Waals surface area contributed by atoms with Crippen LogP contribution in [0.4, 0.5) is 4.39 Å². The van der Waals surface area contributed by atoms with Crippen molar-refractivity contribution in [2.45, 2.75) is 84.1 Å². The van der Waals surface area contributed by atoms with E-state index < -0.39 is 18.3 Å². The summed E-state index contributed by atoms with van der Waals surface area (Å²) in [6, 6.07) is 0.853. The fourth-order valence-corrected chi connectivity index (χ4v) is 4.24. The summed E-state index contributed by atoms with van der Waals surface area (Å²) < 4.78 is 26.8. The topological polar surface area (TPSA) is 21.7 Å². The van der Waals surface area contributed by atoms with Gasteiger partial charge in [-0.15, -0.1) is 0 Å². The van der Waals surface area contributed by atoms with Gasteiger partial charge in [0.05, 0.1) is 11.2 Å². The molecule has 0 radical (unpaired) electrons. The number of piperidine rings is 1. The van der Waals surface area contributed by atoms with Crippen LogP contribution >= 0.6 is 0 Å². The van der Waals surface area contributed by atoms with Crippen molar-refractivity contribution in [2.24, 2.45) is 5.41 Å². The second-order valence-electron chi connectivity index (χ2n) is 8.98. The molecule has 3 aliphatic rings. The fraction of sp³-hybridized carbons (Fsp3) is 0.882. The Morgan fingerprint density at radius 1 is 1.09 bits per heavy atom. The van der Waals surface area contributed by atoms with Crippen molar-refractivity contribution in [3.63, 3.8) is 0 Å². The van der Waals surface area contributed by atoms with Gasteiger partial charge in [0, 0.05) is 12.1 Å². The van der Waals surface area contributed by atoms with Crippen molar-refractivity contribution in [1.82, 2.24) is 4.90 Å². The third-order valence-corrected chi connectivity index (χ3v) is 6.45. The van der Waals surface area contributed by atoms with Gasteiger partial charge in [0.25, 0.3) is 0 Å². The Kier molecular flexibility index (Phi) is 3.60. The van der Waals surface area contributed by atoms with E-state index in [0.717, 1.165) is 24.8 Å². The minimum Gasteiger partial charge on any atom is -0.398 e. The molecule has 3 aliphatic heterocycles. The quantitative estimate of drug-likeness (QED) is 0.689. The van der Waals surface area contributed by atoms with Gasteiger partial charge in [0.2, 0.25) is 0 Å². The van der Waals surface area contributed by atoms with Crippen LogP contribution in [0.5, 0.6) is 0 Å². The van der Waals surface area contributed by atoms with Crippen LogP contribution in [0.15, 0.2) is 11.3 Å². The Bertz CT molecular complexity index is 499. The molecule has 3 heterocycles. The molecule has 0 amide bonds. The van der Waals surface area contributed by atoms with E-state index in [4.69, 9.17) is 9.31 Å². The lowest BCUT2D eigenvalue weighted by Gasteiger charge is -2.36. The Morgan fingerprint density at radius 3 is 2.14 bits per heavy atom. The molecule has 0 saturated carbocycles. The monoisotopic (exact) mass is 309 g/mol. The average Bonchev–Trinajstić information content (AvgIpc) is 2.64. The zero-order valence-corrected chi connectivity index (χ0v) is 15.0. The van der Waals surface area contributed by atoms with Gasteiger partial charge in [0.15, 0.2) is 0 Å². The zero-order valence-electron chi connectivity index (χ0n) is 15.0. The number of halogens is 1. The van der Waals surface area contributed by atoms with Gasteiger partial charge in [-0.2, -0.15) is 0 Å². The highest BCUT2D eigenvalue weighted by Crippen LogP contribution is 2.49. The lowest BCUT2D eigenvalue weighted by Crippen LogP contribution is -2.41. The Morgan fingerprint density at radius 2 is 1.64 bits per heavy atom. The van der Waals surface area contributed by atoms with Gasteiger partial charge in [-0.3, -0.25) is 4.90 Å². The molecule has 3 saturated heterocycles. The molecular weight excluding hydrogens is 280 g/mol. The van der Waals surface area contributed by atoms with Crippen LogP contribution in [0, 0.1) is 5.41 Å². The van der Waals surface area contributed by atoms with E-state index in [1.165, 1.54) is 0 Å². The molecule has 0 aromatic carbocycles. The first-order chi connectivity index (χ1) is 9.95. The number of hydrogen-bond donors (Lipinski definition) is 0. The van der Waals surface area contributed by atoms with Crippen LogP contribution in [0.25, 0.3) is 0 Å². The average molecular weight is 309 g/mol. The summed E-state index contributed by atoms with van der Waals surface area (Å²) in [5, 5.41) is 0. The first-order valence-corrected chi connectivity index (χ1v) is 8.40. The van der Waals surface area contributed by atoms with Gasteiger partial charge < -0.3 is 9.31 Å². The SMILES string of the molecule is CN1C2CC(=C(F)B3OC(C)(C)C(C)(C)O3)CC1C(C)(C)C2. The second-order valence-corrected chi connectivity index (χ2v) is 8.98. The molecule has 2 bridgehead atoms. The highest BCUT2D eigenvalue weighted by atomic mass is 19.1. The van der Waals surface area contributed by atoms with E-state index >= 15 is 4.39 Å². The molecule has 0 spiro atoms. The van der Waals surface area contributed by atoms with Crippen LogP contribution < -0.4 is 0 Å². The molecule has 0 aromatic rings. The Labute approximate surface area is 134 Å². The normalized spacial score (nSPS) is 38.5. The lowest BCUT2D eigenvalue weighted by atomic mass is 9.78. The number of hydrogen-bond acceptors (Lipinski definition) is 3. The molecule has 2 atom stereocenters. The molecular formula is C17H29BFNO2. The Balaban J connectivity index is 1.84. The van der Waals surface area contributed by atoms with Gasteiger partial charge in [0.1, 0.15) is 5.73 Å². The molecule has 0 N–H and O–H groups in total. The summed E-state index contributed by atoms with van der Waals surface area (Å²) in [7, 11) is 1.33. The van der Waals surface area contributed by atoms with Crippen molar-refractivity contribution < 1.29 is 13.7 Å². The van der Waals surface area contributed by atoms with Gasteiger partial charge >= 0.3 is 7.12 Å². The maximum atomic E-state index is 15.0. The first-order valence-electron chi connectivity index (χ1n) is 8.40. The van der Waals surface area contributed by atoms with Gasteiger partial charge in [-0.1, -0.05) is 13.8 Å². The second kappa shape index (κ2) is 4.81. The summed E-state index contributed by atoms with van der Waals surface area (Å²) in [6.45, 7) is 12.4. The predicted molar refractivity (Wildman–Crippen MR) is 87.2 cm³/mol. The van der Waals surface area contributed by atoms with Crippen LogP contribution in [0.2, 0.25) is 0 Å². The molecule has 3 nitrogen and oxygen atoms in total. The molecule has 0 aliphatic carbocycles. The maximum absolute atomic E-state index is 15.0. The van der Waals surface area contributed by atoms with E-state index in [9.17, 15) is 0 Å². The van der Waals surface area contributed by atoms with Crippen molar-refractivity contribution >= 4 is 7.12 Å². The minimum atomic E-state index is -0.842. The van der Waals surface area contributed by atoms with E-state index in [-0.39, 0.29) is 11.1 Å². The van der Waals surface area contributed by atoms with Crippen LogP contribution in [0.1, 0.15) is 60.8 Å². The molecule has 5 heteroatoms.